The number of nitrogens with zero attached hydrogens (tertiary/aromatic N) is 3. The van der Waals surface area contributed by atoms with Crippen LogP contribution < -0.4 is 5.32 Å². The molecule has 0 aliphatic heterocycles. The smallest absolute Gasteiger partial charge is 0.143 e. The van der Waals surface area contributed by atoms with E-state index in [0.717, 1.165) is 45.9 Å². The van der Waals surface area contributed by atoms with Crippen LogP contribution in [0.2, 0.25) is 5.02 Å². The molecule has 0 spiro atoms. The summed E-state index contributed by atoms with van der Waals surface area (Å²) in [5, 5.41) is 5.06. The fourth-order valence-corrected chi connectivity index (χ4v) is 3.40. The van der Waals surface area contributed by atoms with E-state index in [1.165, 1.54) is 0 Å². The van der Waals surface area contributed by atoms with Crippen molar-refractivity contribution in [2.24, 2.45) is 0 Å². The number of nitrogens with one attached hydrogen (secondary N) is 2. The number of hydrogen-bond acceptors (Lipinski definition) is 4. The number of hydrogen-bond donors (Lipinski definition) is 2. The summed E-state index contributed by atoms with van der Waals surface area (Å²) >= 11 is 6.13. The van der Waals surface area contributed by atoms with E-state index < -0.39 is 0 Å². The molecule has 2 heterocycles. The molecule has 0 fully saturated rings. The molecule has 0 atom stereocenters. The molecular formula is C21H20ClN5. The Hall–Kier alpha value is -2.89. The van der Waals surface area contributed by atoms with Gasteiger partial charge < -0.3 is 15.2 Å². The fraction of sp³-hybridized carbons (Fsp3) is 0.143. The van der Waals surface area contributed by atoms with Crippen LogP contribution in [0.1, 0.15) is 5.56 Å². The molecule has 0 saturated carbocycles. The van der Waals surface area contributed by atoms with Crippen LogP contribution in [0.5, 0.6) is 0 Å². The molecule has 0 unspecified atom stereocenters. The summed E-state index contributed by atoms with van der Waals surface area (Å²) in [5.74, 6) is 0.762. The predicted molar refractivity (Wildman–Crippen MR) is 111 cm³/mol. The Balaban J connectivity index is 1.89. The van der Waals surface area contributed by atoms with E-state index in [1.54, 1.807) is 6.33 Å². The summed E-state index contributed by atoms with van der Waals surface area (Å²) in [7, 11) is 4.11. The highest BCUT2D eigenvalue weighted by atomic mass is 35.5. The van der Waals surface area contributed by atoms with Gasteiger partial charge in [-0.25, -0.2) is 9.97 Å². The number of rotatable bonds is 5. The van der Waals surface area contributed by atoms with Gasteiger partial charge in [0.25, 0.3) is 0 Å². The zero-order valence-electron chi connectivity index (χ0n) is 15.2. The van der Waals surface area contributed by atoms with Gasteiger partial charge in [0, 0.05) is 22.8 Å². The highest BCUT2D eigenvalue weighted by Crippen LogP contribution is 2.34. The molecule has 4 rings (SSSR count). The van der Waals surface area contributed by atoms with Crippen molar-refractivity contribution in [3.63, 3.8) is 0 Å². The zero-order chi connectivity index (χ0) is 18.8. The SMILES string of the molecule is CN(C)Cc1c(-c2ccccc2)[nH]c2ncnc(Nc3cccc(Cl)c3)c12. The van der Waals surface area contributed by atoms with Crippen molar-refractivity contribution in [1.29, 1.82) is 0 Å². The van der Waals surface area contributed by atoms with Crippen molar-refractivity contribution in [1.82, 2.24) is 19.9 Å². The molecule has 0 aliphatic rings. The summed E-state index contributed by atoms with van der Waals surface area (Å²) in [6.45, 7) is 0.766. The van der Waals surface area contributed by atoms with Crippen molar-refractivity contribution >= 4 is 34.1 Å². The first kappa shape index (κ1) is 17.5. The Morgan fingerprint density at radius 2 is 1.85 bits per heavy atom. The van der Waals surface area contributed by atoms with Gasteiger partial charge in [-0.15, -0.1) is 0 Å². The lowest BCUT2D eigenvalue weighted by Gasteiger charge is -2.13. The highest BCUT2D eigenvalue weighted by molar-refractivity contribution is 6.30. The standard InChI is InChI=1S/C21H20ClN5/c1-27(2)12-17-18-20(25-16-10-6-9-15(22)11-16)23-13-24-21(18)26-19(17)14-7-4-3-5-8-14/h3-11,13H,12H2,1-2H3,(H2,23,24,25,26). The van der Waals surface area contributed by atoms with Gasteiger partial charge >= 0.3 is 0 Å². The van der Waals surface area contributed by atoms with E-state index in [9.17, 15) is 0 Å². The third kappa shape index (κ3) is 3.65. The Morgan fingerprint density at radius 1 is 1.04 bits per heavy atom. The van der Waals surface area contributed by atoms with Gasteiger partial charge in [-0.05, 0) is 37.9 Å². The van der Waals surface area contributed by atoms with Crippen LogP contribution in [0.3, 0.4) is 0 Å². The summed E-state index contributed by atoms with van der Waals surface area (Å²) in [5.41, 5.74) is 5.05. The highest BCUT2D eigenvalue weighted by Gasteiger charge is 2.18. The molecule has 2 aromatic heterocycles. The summed E-state index contributed by atoms with van der Waals surface area (Å²) in [6.07, 6.45) is 1.57. The molecule has 2 aromatic carbocycles. The number of halogens is 1. The van der Waals surface area contributed by atoms with E-state index in [-0.39, 0.29) is 0 Å². The van der Waals surface area contributed by atoms with Crippen LogP contribution >= 0.6 is 11.6 Å². The van der Waals surface area contributed by atoms with Crippen LogP contribution in [0.4, 0.5) is 11.5 Å². The van der Waals surface area contributed by atoms with E-state index >= 15 is 0 Å². The molecule has 136 valence electrons. The second-order valence-corrected chi connectivity index (χ2v) is 7.10. The lowest BCUT2D eigenvalue weighted by molar-refractivity contribution is 0.404. The topological polar surface area (TPSA) is 56.8 Å². The maximum atomic E-state index is 6.13. The number of benzene rings is 2. The van der Waals surface area contributed by atoms with Gasteiger partial charge in [-0.1, -0.05) is 48.0 Å². The van der Waals surface area contributed by atoms with Gasteiger partial charge in [0.05, 0.1) is 11.1 Å². The van der Waals surface area contributed by atoms with Gasteiger partial charge in [0.1, 0.15) is 17.8 Å². The number of anilines is 2. The summed E-state index contributed by atoms with van der Waals surface area (Å²) < 4.78 is 0. The average molecular weight is 378 g/mol. The molecule has 6 heteroatoms. The second-order valence-electron chi connectivity index (χ2n) is 6.66. The molecule has 0 amide bonds. The fourth-order valence-electron chi connectivity index (χ4n) is 3.21. The lowest BCUT2D eigenvalue weighted by atomic mass is 10.1. The molecule has 0 aliphatic carbocycles. The number of aromatic amines is 1. The van der Waals surface area contributed by atoms with Crippen molar-refractivity contribution in [3.8, 4) is 11.3 Å². The first-order valence-electron chi connectivity index (χ1n) is 8.70. The maximum absolute atomic E-state index is 6.13. The molecule has 0 saturated heterocycles. The van der Waals surface area contributed by atoms with Gasteiger partial charge in [0.2, 0.25) is 0 Å². The molecule has 0 radical (unpaired) electrons. The van der Waals surface area contributed by atoms with Gasteiger partial charge in [-0.2, -0.15) is 0 Å². The minimum Gasteiger partial charge on any atom is -0.340 e. The molecule has 4 aromatic rings. The molecule has 27 heavy (non-hydrogen) atoms. The van der Waals surface area contributed by atoms with Gasteiger partial charge in [0.15, 0.2) is 0 Å². The van der Waals surface area contributed by atoms with Crippen LogP contribution in [-0.2, 0) is 6.54 Å². The van der Waals surface area contributed by atoms with Crippen molar-refractivity contribution in [2.75, 3.05) is 19.4 Å². The molecule has 5 nitrogen and oxygen atoms in total. The van der Waals surface area contributed by atoms with E-state index in [0.29, 0.717) is 5.02 Å². The Bertz CT molecular complexity index is 1070. The first-order chi connectivity index (χ1) is 13.1. The molecular weight excluding hydrogens is 358 g/mol. The Labute approximate surface area is 163 Å². The van der Waals surface area contributed by atoms with Crippen molar-refractivity contribution < 1.29 is 0 Å². The van der Waals surface area contributed by atoms with E-state index in [1.807, 2.05) is 42.5 Å². The van der Waals surface area contributed by atoms with Crippen molar-refractivity contribution in [2.45, 2.75) is 6.54 Å². The monoisotopic (exact) mass is 377 g/mol. The Kier molecular flexibility index (Phi) is 4.79. The minimum atomic E-state index is 0.679. The van der Waals surface area contributed by atoms with Crippen LogP contribution in [0.15, 0.2) is 60.9 Å². The quantitative estimate of drug-likeness (QED) is 0.509. The van der Waals surface area contributed by atoms with Crippen molar-refractivity contribution in [3.05, 3.63) is 71.5 Å². The minimum absolute atomic E-state index is 0.679. The van der Waals surface area contributed by atoms with Crippen LogP contribution in [0, 0.1) is 0 Å². The van der Waals surface area contributed by atoms with Crippen LogP contribution in [0.25, 0.3) is 22.3 Å². The predicted octanol–water partition coefficient (Wildman–Crippen LogP) is 5.08. The largest absolute Gasteiger partial charge is 0.340 e. The normalized spacial score (nSPS) is 11.3. The average Bonchev–Trinajstić information content (AvgIpc) is 3.01. The number of aromatic nitrogens is 3. The molecule has 2 N–H and O–H groups in total. The van der Waals surface area contributed by atoms with E-state index in [4.69, 9.17) is 11.6 Å². The lowest BCUT2D eigenvalue weighted by Crippen LogP contribution is -2.11. The van der Waals surface area contributed by atoms with Crippen LogP contribution in [-0.4, -0.2) is 33.9 Å². The van der Waals surface area contributed by atoms with E-state index in [2.05, 4.69) is 51.4 Å². The number of H-pyrrole nitrogens is 1. The first-order valence-corrected chi connectivity index (χ1v) is 9.08. The number of fused-ring (bicyclic) bond motifs is 1. The third-order valence-corrected chi connectivity index (χ3v) is 4.55. The third-order valence-electron chi connectivity index (χ3n) is 4.32. The van der Waals surface area contributed by atoms with Gasteiger partial charge in [-0.3, -0.25) is 0 Å². The molecule has 0 bridgehead atoms. The maximum Gasteiger partial charge on any atom is 0.143 e. The summed E-state index contributed by atoms with van der Waals surface area (Å²) in [6, 6.07) is 17.9. The Morgan fingerprint density at radius 3 is 2.59 bits per heavy atom. The zero-order valence-corrected chi connectivity index (χ0v) is 16.0. The second kappa shape index (κ2) is 7.39. The summed E-state index contributed by atoms with van der Waals surface area (Å²) in [4.78, 5) is 14.6.